The van der Waals surface area contributed by atoms with E-state index in [9.17, 15) is 19.5 Å². The molecule has 0 unspecified atom stereocenters. The molecule has 9 N–H and O–H groups in total. The fourth-order valence-electron chi connectivity index (χ4n) is 3.38. The first kappa shape index (κ1) is 29.1. The number of nitrogens with one attached hydrogen (secondary N) is 1. The third-order valence-electron chi connectivity index (χ3n) is 5.04. The Morgan fingerprint density at radius 1 is 1.18 bits per heavy atom. The summed E-state index contributed by atoms with van der Waals surface area (Å²) in [5, 5.41) is 38.7. The molecule has 0 spiro atoms. The average molecular weight is 446 g/mol. The summed E-state index contributed by atoms with van der Waals surface area (Å²) in [6, 6.07) is -0.981. The second-order valence-electron chi connectivity index (χ2n) is 7.03. The molecule has 4 atom stereocenters. The van der Waals surface area contributed by atoms with Crippen molar-refractivity contribution in [2.45, 2.75) is 56.4 Å². The van der Waals surface area contributed by atoms with Gasteiger partial charge in [0.05, 0.1) is 6.04 Å². The van der Waals surface area contributed by atoms with Crippen LogP contribution in [0, 0.1) is 11.8 Å². The van der Waals surface area contributed by atoms with Crippen LogP contribution in [0.25, 0.3) is 0 Å². The second-order valence-corrected chi connectivity index (χ2v) is 7.03. The maximum absolute atomic E-state index is 11.9. The highest BCUT2D eigenvalue weighted by Gasteiger charge is 2.47. The molecular formula is C15H30BCl2N3O7. The van der Waals surface area contributed by atoms with E-state index in [-0.39, 0.29) is 62.9 Å². The summed E-state index contributed by atoms with van der Waals surface area (Å²) >= 11 is 0. The number of amides is 1. The van der Waals surface area contributed by atoms with Crippen molar-refractivity contribution in [2.75, 3.05) is 6.54 Å². The van der Waals surface area contributed by atoms with Gasteiger partial charge in [-0.05, 0) is 37.9 Å². The van der Waals surface area contributed by atoms with Crippen molar-refractivity contribution in [1.29, 1.82) is 0 Å². The van der Waals surface area contributed by atoms with Gasteiger partial charge in [-0.3, -0.25) is 14.4 Å². The van der Waals surface area contributed by atoms with Crippen molar-refractivity contribution in [3.05, 3.63) is 0 Å². The molecule has 0 aromatic rings. The largest absolute Gasteiger partial charge is 0.481 e. The SMILES string of the molecule is Cl.Cl.N[C@@H](CCC(=O)O)C(=O)NC[C@@H]1CC[C@@H](CCB(O)O)C[C@]1(N)C(=O)O. The van der Waals surface area contributed by atoms with E-state index in [1.54, 1.807) is 0 Å². The molecule has 1 amide bonds. The molecule has 28 heavy (non-hydrogen) atoms. The standard InChI is InChI=1S/C15H28BN3O7.2ClH/c17-11(3-4-12(20)21)13(22)19-8-10-2-1-9(5-6-16(25)26)7-15(10,18)14(23)24;;/h9-11,25-26H,1-8,17-18H2,(H,19,22)(H,20,21)(H,23,24);2*1H/t9-,10-,11-,15+;;/m0../s1. The van der Waals surface area contributed by atoms with Crippen LogP contribution in [-0.2, 0) is 14.4 Å². The lowest BCUT2D eigenvalue weighted by atomic mass is 9.66. The van der Waals surface area contributed by atoms with Crippen LogP contribution in [-0.4, -0.2) is 63.4 Å². The Hall–Kier alpha value is -1.11. The molecule has 0 aliphatic heterocycles. The Morgan fingerprint density at radius 3 is 2.29 bits per heavy atom. The third-order valence-corrected chi connectivity index (χ3v) is 5.04. The Morgan fingerprint density at radius 2 is 1.79 bits per heavy atom. The van der Waals surface area contributed by atoms with Crippen LogP contribution in [0.15, 0.2) is 0 Å². The fourth-order valence-corrected chi connectivity index (χ4v) is 3.38. The summed E-state index contributed by atoms with van der Waals surface area (Å²) < 4.78 is 0. The number of carbonyl (C=O) groups excluding carboxylic acids is 1. The molecular weight excluding hydrogens is 416 g/mol. The molecule has 1 fully saturated rings. The normalized spacial score (nSPS) is 24.9. The average Bonchev–Trinajstić information content (AvgIpc) is 2.56. The van der Waals surface area contributed by atoms with Gasteiger partial charge in [0.1, 0.15) is 5.54 Å². The van der Waals surface area contributed by atoms with Gasteiger partial charge in [-0.15, -0.1) is 24.8 Å². The molecule has 10 nitrogen and oxygen atoms in total. The van der Waals surface area contributed by atoms with Gasteiger partial charge in [0, 0.05) is 18.9 Å². The Kier molecular flexibility index (Phi) is 13.7. The highest BCUT2D eigenvalue weighted by molar-refractivity contribution is 6.40. The minimum Gasteiger partial charge on any atom is -0.481 e. The quantitative estimate of drug-likeness (QED) is 0.210. The van der Waals surface area contributed by atoms with Gasteiger partial charge in [0.25, 0.3) is 0 Å². The summed E-state index contributed by atoms with van der Waals surface area (Å²) in [5.41, 5.74) is 10.2. The second kappa shape index (κ2) is 13.2. The van der Waals surface area contributed by atoms with E-state index < -0.39 is 42.5 Å². The number of carbonyl (C=O) groups is 3. The number of hydrogen-bond acceptors (Lipinski definition) is 7. The zero-order chi connectivity index (χ0) is 19.9. The van der Waals surface area contributed by atoms with Crippen LogP contribution in [0.1, 0.15) is 38.5 Å². The van der Waals surface area contributed by atoms with E-state index in [1.165, 1.54) is 0 Å². The van der Waals surface area contributed by atoms with Crippen molar-refractivity contribution in [3.8, 4) is 0 Å². The van der Waals surface area contributed by atoms with Crippen LogP contribution in [0.5, 0.6) is 0 Å². The molecule has 0 aromatic heterocycles. The van der Waals surface area contributed by atoms with Crippen molar-refractivity contribution >= 4 is 49.8 Å². The van der Waals surface area contributed by atoms with Gasteiger partial charge in [-0.2, -0.15) is 0 Å². The number of hydrogen-bond donors (Lipinski definition) is 7. The zero-order valence-electron chi connectivity index (χ0n) is 15.5. The minimum absolute atomic E-state index is 0. The van der Waals surface area contributed by atoms with E-state index in [1.807, 2.05) is 0 Å². The Labute approximate surface area is 176 Å². The van der Waals surface area contributed by atoms with Crippen LogP contribution in [0.2, 0.25) is 6.32 Å². The molecule has 0 heterocycles. The molecule has 164 valence electrons. The minimum atomic E-state index is -1.53. The van der Waals surface area contributed by atoms with Crippen LogP contribution >= 0.6 is 24.8 Å². The van der Waals surface area contributed by atoms with E-state index >= 15 is 0 Å². The number of aliphatic carboxylic acids is 2. The predicted octanol–water partition coefficient (Wildman–Crippen LogP) is -0.800. The lowest BCUT2D eigenvalue weighted by Crippen LogP contribution is -2.60. The summed E-state index contributed by atoms with van der Waals surface area (Å²) in [5.74, 6) is -3.29. The van der Waals surface area contributed by atoms with Crippen molar-refractivity contribution in [3.63, 3.8) is 0 Å². The number of rotatable bonds is 10. The van der Waals surface area contributed by atoms with E-state index in [0.29, 0.717) is 19.3 Å². The molecule has 1 aliphatic carbocycles. The summed E-state index contributed by atoms with van der Waals surface area (Å²) in [7, 11) is -1.43. The Balaban J connectivity index is 0. The van der Waals surface area contributed by atoms with Crippen LogP contribution < -0.4 is 16.8 Å². The monoisotopic (exact) mass is 445 g/mol. The highest BCUT2D eigenvalue weighted by Crippen LogP contribution is 2.38. The van der Waals surface area contributed by atoms with Crippen molar-refractivity contribution in [1.82, 2.24) is 5.32 Å². The summed E-state index contributed by atoms with van der Waals surface area (Å²) in [6.45, 7) is 0.0394. The van der Waals surface area contributed by atoms with Gasteiger partial charge >= 0.3 is 19.1 Å². The Bertz CT molecular complexity index is 530. The maximum Gasteiger partial charge on any atom is 0.451 e. The number of nitrogens with two attached hydrogens (primary N) is 2. The first-order valence-corrected chi connectivity index (χ1v) is 8.69. The first-order valence-electron chi connectivity index (χ1n) is 8.69. The van der Waals surface area contributed by atoms with Crippen molar-refractivity contribution < 1.29 is 34.6 Å². The van der Waals surface area contributed by atoms with Gasteiger partial charge in [-0.25, -0.2) is 0 Å². The van der Waals surface area contributed by atoms with Gasteiger partial charge in [-0.1, -0.05) is 6.42 Å². The van der Waals surface area contributed by atoms with Gasteiger partial charge in [0.15, 0.2) is 0 Å². The molecule has 1 rings (SSSR count). The lowest BCUT2D eigenvalue weighted by molar-refractivity contribution is -0.148. The number of halogens is 2. The van der Waals surface area contributed by atoms with E-state index in [4.69, 9.17) is 26.6 Å². The molecule has 1 saturated carbocycles. The fraction of sp³-hybridized carbons (Fsp3) is 0.800. The van der Waals surface area contributed by atoms with Gasteiger partial charge < -0.3 is 37.0 Å². The molecule has 0 saturated heterocycles. The van der Waals surface area contributed by atoms with Crippen LogP contribution in [0.4, 0.5) is 0 Å². The zero-order valence-corrected chi connectivity index (χ0v) is 17.1. The topological polar surface area (TPSA) is 196 Å². The molecule has 0 aromatic carbocycles. The number of carboxylic acid groups (broad SMARTS) is 2. The summed E-state index contributed by atoms with van der Waals surface area (Å²) in [4.78, 5) is 34.2. The highest BCUT2D eigenvalue weighted by atomic mass is 35.5. The van der Waals surface area contributed by atoms with Crippen molar-refractivity contribution in [2.24, 2.45) is 23.3 Å². The first-order chi connectivity index (χ1) is 12.1. The maximum atomic E-state index is 11.9. The molecule has 1 aliphatic rings. The van der Waals surface area contributed by atoms with E-state index in [2.05, 4.69) is 5.32 Å². The van der Waals surface area contributed by atoms with Crippen LogP contribution in [0.3, 0.4) is 0 Å². The predicted molar refractivity (Wildman–Crippen MR) is 107 cm³/mol. The third kappa shape index (κ3) is 8.93. The molecule has 13 heteroatoms. The number of carboxylic acids is 2. The smallest absolute Gasteiger partial charge is 0.451 e. The lowest BCUT2D eigenvalue weighted by Gasteiger charge is -2.41. The van der Waals surface area contributed by atoms with Gasteiger partial charge in [0.2, 0.25) is 5.91 Å². The molecule has 0 radical (unpaired) electrons. The summed E-state index contributed by atoms with van der Waals surface area (Å²) in [6.07, 6.45) is 1.70. The molecule has 0 bridgehead atoms. The van der Waals surface area contributed by atoms with E-state index in [0.717, 1.165) is 0 Å².